The van der Waals surface area contributed by atoms with Gasteiger partial charge in [-0.2, -0.15) is 0 Å². The molecule has 0 aliphatic carbocycles. The molecule has 0 spiro atoms. The van der Waals surface area contributed by atoms with Crippen LogP contribution in [0.25, 0.3) is 0 Å². The van der Waals surface area contributed by atoms with Crippen LogP contribution in [0.15, 0.2) is 60.7 Å². The summed E-state index contributed by atoms with van der Waals surface area (Å²) in [6.45, 7) is -0.183. The molecule has 9 heteroatoms. The molecule has 1 heterocycles. The predicted molar refractivity (Wildman–Crippen MR) is 110 cm³/mol. The van der Waals surface area contributed by atoms with Gasteiger partial charge in [0.15, 0.2) is 0 Å². The number of nitrogens with one attached hydrogen (secondary N) is 3. The summed E-state index contributed by atoms with van der Waals surface area (Å²) in [6.07, 6.45) is 1.97. The van der Waals surface area contributed by atoms with E-state index in [9.17, 15) is 23.5 Å². The lowest BCUT2D eigenvalue weighted by Crippen LogP contribution is -2.50. The first-order valence-electron chi connectivity index (χ1n) is 9.72. The highest BCUT2D eigenvalue weighted by Crippen LogP contribution is 2.16. The third-order valence-corrected chi connectivity index (χ3v) is 4.63. The Kier molecular flexibility index (Phi) is 7.69. The third kappa shape index (κ3) is 6.87. The molecule has 0 saturated heterocycles. The zero-order valence-corrected chi connectivity index (χ0v) is 16.6. The lowest BCUT2D eigenvalue weighted by Gasteiger charge is -2.31. The lowest BCUT2D eigenvalue weighted by molar-refractivity contribution is -0.125. The van der Waals surface area contributed by atoms with E-state index in [2.05, 4.69) is 16.0 Å². The number of rotatable bonds is 7. The third-order valence-electron chi connectivity index (χ3n) is 4.63. The molecule has 0 unspecified atom stereocenters. The fraction of sp³-hybridized carbons (Fsp3) is 0.273. The van der Waals surface area contributed by atoms with Gasteiger partial charge in [-0.25, -0.2) is 13.6 Å². The number of aliphatic hydroxyl groups excluding tert-OH is 1. The number of aliphatic hydroxyl groups is 1. The van der Waals surface area contributed by atoms with Crippen LogP contribution in [0.2, 0.25) is 0 Å². The van der Waals surface area contributed by atoms with Crippen LogP contribution >= 0.6 is 0 Å². The Morgan fingerprint density at radius 3 is 2.52 bits per heavy atom. The molecule has 164 valence electrons. The summed E-state index contributed by atoms with van der Waals surface area (Å²) < 4.78 is 31.9. The number of halogens is 2. The SMILES string of the molecule is O=C(C[C@H]1C=C[C@@H](NC(=O)Nc2ccc(F)cc2)[C@@H](CO)O1)NCc1cccc(F)c1. The maximum Gasteiger partial charge on any atom is 0.319 e. The minimum Gasteiger partial charge on any atom is -0.394 e. The van der Waals surface area contributed by atoms with Gasteiger partial charge >= 0.3 is 6.03 Å². The number of urea groups is 1. The Morgan fingerprint density at radius 1 is 1.03 bits per heavy atom. The van der Waals surface area contributed by atoms with E-state index in [1.165, 1.54) is 36.4 Å². The van der Waals surface area contributed by atoms with Crippen LogP contribution in [0.5, 0.6) is 0 Å². The van der Waals surface area contributed by atoms with Crippen molar-refractivity contribution in [2.24, 2.45) is 0 Å². The smallest absolute Gasteiger partial charge is 0.319 e. The Labute approximate surface area is 178 Å². The number of anilines is 1. The van der Waals surface area contributed by atoms with Crippen LogP contribution in [0.3, 0.4) is 0 Å². The zero-order valence-electron chi connectivity index (χ0n) is 16.6. The zero-order chi connectivity index (χ0) is 22.2. The highest BCUT2D eigenvalue weighted by atomic mass is 19.1. The monoisotopic (exact) mass is 431 g/mol. The van der Waals surface area contributed by atoms with Crippen LogP contribution in [-0.4, -0.2) is 41.9 Å². The molecule has 1 aliphatic rings. The largest absolute Gasteiger partial charge is 0.394 e. The summed E-state index contributed by atoms with van der Waals surface area (Å²) in [5, 5.41) is 17.5. The number of ether oxygens (including phenoxy) is 1. The Balaban J connectivity index is 1.49. The highest BCUT2D eigenvalue weighted by Gasteiger charge is 2.29. The van der Waals surface area contributed by atoms with Crippen molar-refractivity contribution in [2.45, 2.75) is 31.2 Å². The average molecular weight is 431 g/mol. The van der Waals surface area contributed by atoms with E-state index >= 15 is 0 Å². The molecule has 0 radical (unpaired) electrons. The molecule has 7 nitrogen and oxygen atoms in total. The van der Waals surface area contributed by atoms with Crippen molar-refractivity contribution in [3.05, 3.63) is 77.9 Å². The second-order valence-electron chi connectivity index (χ2n) is 7.02. The fourth-order valence-corrected chi connectivity index (χ4v) is 3.09. The molecular weight excluding hydrogens is 408 g/mol. The van der Waals surface area contributed by atoms with Gasteiger partial charge in [0.2, 0.25) is 5.91 Å². The van der Waals surface area contributed by atoms with E-state index in [1.807, 2.05) is 0 Å². The molecule has 31 heavy (non-hydrogen) atoms. The summed E-state index contributed by atoms with van der Waals surface area (Å²) in [6, 6.07) is 10.1. The number of amides is 3. The summed E-state index contributed by atoms with van der Waals surface area (Å²) in [4.78, 5) is 24.3. The van der Waals surface area contributed by atoms with Crippen molar-refractivity contribution in [1.82, 2.24) is 10.6 Å². The highest BCUT2D eigenvalue weighted by molar-refractivity contribution is 5.89. The lowest BCUT2D eigenvalue weighted by atomic mass is 10.0. The number of hydrogen-bond acceptors (Lipinski definition) is 4. The summed E-state index contributed by atoms with van der Waals surface area (Å²) in [5.41, 5.74) is 1.05. The van der Waals surface area contributed by atoms with E-state index in [0.29, 0.717) is 11.3 Å². The van der Waals surface area contributed by atoms with Gasteiger partial charge < -0.3 is 25.8 Å². The Morgan fingerprint density at radius 2 is 1.81 bits per heavy atom. The van der Waals surface area contributed by atoms with E-state index in [-0.39, 0.29) is 31.3 Å². The second-order valence-corrected chi connectivity index (χ2v) is 7.02. The van der Waals surface area contributed by atoms with Gasteiger partial charge in [-0.15, -0.1) is 0 Å². The van der Waals surface area contributed by atoms with Crippen molar-refractivity contribution in [3.8, 4) is 0 Å². The van der Waals surface area contributed by atoms with Crippen molar-refractivity contribution in [2.75, 3.05) is 11.9 Å². The first-order chi connectivity index (χ1) is 14.9. The molecule has 3 atom stereocenters. The maximum atomic E-state index is 13.2. The molecule has 2 aromatic rings. The van der Waals surface area contributed by atoms with Crippen LogP contribution in [0.1, 0.15) is 12.0 Å². The van der Waals surface area contributed by atoms with Gasteiger partial charge in [-0.1, -0.05) is 24.3 Å². The van der Waals surface area contributed by atoms with Gasteiger partial charge in [0.1, 0.15) is 17.7 Å². The number of benzene rings is 2. The second kappa shape index (κ2) is 10.6. The topological polar surface area (TPSA) is 99.7 Å². The molecule has 3 rings (SSSR count). The maximum absolute atomic E-state index is 13.2. The van der Waals surface area contributed by atoms with Gasteiger partial charge in [0, 0.05) is 12.2 Å². The van der Waals surface area contributed by atoms with E-state index in [4.69, 9.17) is 4.74 Å². The molecule has 3 amide bonds. The molecule has 4 N–H and O–H groups in total. The predicted octanol–water partition coefficient (Wildman–Crippen LogP) is 2.48. The van der Waals surface area contributed by atoms with Gasteiger partial charge in [0.25, 0.3) is 0 Å². The molecule has 0 fully saturated rings. The minimum absolute atomic E-state index is 0.0107. The first-order valence-corrected chi connectivity index (χ1v) is 9.72. The molecule has 0 aromatic heterocycles. The normalized spacial score (nSPS) is 20.2. The number of hydrogen-bond donors (Lipinski definition) is 4. The van der Waals surface area contributed by atoms with Crippen LogP contribution < -0.4 is 16.0 Å². The van der Waals surface area contributed by atoms with Crippen molar-refractivity contribution in [3.63, 3.8) is 0 Å². The van der Waals surface area contributed by atoms with Gasteiger partial charge in [0.05, 0.1) is 25.2 Å². The Bertz CT molecular complexity index is 937. The molecule has 0 bridgehead atoms. The number of carbonyl (C=O) groups is 2. The summed E-state index contributed by atoms with van der Waals surface area (Å²) in [5.74, 6) is -1.09. The van der Waals surface area contributed by atoms with Crippen LogP contribution in [-0.2, 0) is 16.1 Å². The molecule has 1 aliphatic heterocycles. The van der Waals surface area contributed by atoms with Crippen molar-refractivity contribution < 1.29 is 28.2 Å². The fourth-order valence-electron chi connectivity index (χ4n) is 3.09. The number of carbonyl (C=O) groups excluding carboxylic acids is 2. The van der Waals surface area contributed by atoms with Crippen LogP contribution in [0, 0.1) is 11.6 Å². The molecular formula is C22H23F2N3O4. The van der Waals surface area contributed by atoms with E-state index < -0.39 is 30.1 Å². The quantitative estimate of drug-likeness (QED) is 0.506. The summed E-state index contributed by atoms with van der Waals surface area (Å²) >= 11 is 0. The average Bonchev–Trinajstić information content (AvgIpc) is 2.75. The summed E-state index contributed by atoms with van der Waals surface area (Å²) in [7, 11) is 0. The van der Waals surface area contributed by atoms with Crippen LogP contribution in [0.4, 0.5) is 19.3 Å². The first kappa shape index (κ1) is 22.4. The van der Waals surface area contributed by atoms with E-state index in [1.54, 1.807) is 24.3 Å². The van der Waals surface area contributed by atoms with E-state index in [0.717, 1.165) is 0 Å². The standard InChI is InChI=1S/C22H23F2N3O4/c23-15-4-6-17(7-5-15)26-22(30)27-19-9-8-18(31-20(19)13-28)11-21(29)25-12-14-2-1-3-16(24)10-14/h1-10,18-20,28H,11-13H2,(H,25,29)(H2,26,27,30)/t18-,19-,20-/m1/s1. The molecule has 0 saturated carbocycles. The van der Waals surface area contributed by atoms with Gasteiger partial charge in [-0.05, 0) is 42.0 Å². The Hall–Kier alpha value is -3.30. The van der Waals surface area contributed by atoms with Gasteiger partial charge in [-0.3, -0.25) is 4.79 Å². The molecule has 2 aromatic carbocycles. The minimum atomic E-state index is -0.745. The van der Waals surface area contributed by atoms with Crippen molar-refractivity contribution in [1.29, 1.82) is 0 Å². The van der Waals surface area contributed by atoms with Crippen molar-refractivity contribution >= 4 is 17.6 Å².